The third kappa shape index (κ3) is 5.45. The van der Waals surface area contributed by atoms with Gasteiger partial charge in [-0.2, -0.15) is 0 Å². The van der Waals surface area contributed by atoms with Gasteiger partial charge in [-0.05, 0) is 38.8 Å². The topological polar surface area (TPSA) is 61.9 Å². The zero-order valence-electron chi connectivity index (χ0n) is 16.4. The first kappa shape index (κ1) is 19.7. The normalized spacial score (nSPS) is 22.4. The van der Waals surface area contributed by atoms with Crippen LogP contribution >= 0.6 is 0 Å². The molecule has 0 radical (unpaired) electrons. The minimum atomic E-state index is -0.0772. The molecule has 1 atom stereocenters. The number of likely N-dealkylation sites (tertiary alicyclic amines) is 1. The van der Waals surface area contributed by atoms with Crippen LogP contribution < -0.4 is 10.1 Å². The van der Waals surface area contributed by atoms with Crippen molar-refractivity contribution in [1.29, 1.82) is 0 Å². The number of piperidine rings is 1. The van der Waals surface area contributed by atoms with Crippen molar-refractivity contribution < 1.29 is 14.3 Å². The van der Waals surface area contributed by atoms with Crippen LogP contribution in [0.3, 0.4) is 0 Å². The van der Waals surface area contributed by atoms with Crippen LogP contribution in [-0.2, 0) is 9.59 Å². The van der Waals surface area contributed by atoms with Gasteiger partial charge in [0.1, 0.15) is 5.75 Å². The summed E-state index contributed by atoms with van der Waals surface area (Å²) in [5, 5.41) is 3.44. The molecule has 2 saturated heterocycles. The van der Waals surface area contributed by atoms with E-state index in [1.54, 1.807) is 0 Å². The van der Waals surface area contributed by atoms with Crippen molar-refractivity contribution in [3.8, 4) is 5.75 Å². The second kappa shape index (κ2) is 8.74. The minimum absolute atomic E-state index is 0.0487. The Labute approximate surface area is 161 Å². The lowest BCUT2D eigenvalue weighted by Crippen LogP contribution is -2.60. The molecular formula is C21H31N3O3. The fourth-order valence-corrected chi connectivity index (χ4v) is 3.92. The van der Waals surface area contributed by atoms with E-state index in [0.717, 1.165) is 44.8 Å². The number of rotatable bonds is 5. The van der Waals surface area contributed by atoms with Gasteiger partial charge in [-0.25, -0.2) is 0 Å². The summed E-state index contributed by atoms with van der Waals surface area (Å²) in [6.45, 7) is 8.17. The summed E-state index contributed by atoms with van der Waals surface area (Å²) in [6, 6.07) is 9.53. The van der Waals surface area contributed by atoms with Crippen LogP contribution in [0.25, 0.3) is 0 Å². The Morgan fingerprint density at radius 1 is 1.19 bits per heavy atom. The van der Waals surface area contributed by atoms with Crippen LogP contribution in [0.4, 0.5) is 0 Å². The number of para-hydroxylation sites is 1. The van der Waals surface area contributed by atoms with Crippen molar-refractivity contribution in [1.82, 2.24) is 15.1 Å². The molecule has 0 aromatic heterocycles. The lowest BCUT2D eigenvalue weighted by Gasteiger charge is -2.42. The van der Waals surface area contributed by atoms with Crippen LogP contribution in [0, 0.1) is 5.92 Å². The number of ether oxygens (including phenoxy) is 1. The summed E-state index contributed by atoms with van der Waals surface area (Å²) >= 11 is 0. The largest absolute Gasteiger partial charge is 0.493 e. The van der Waals surface area contributed by atoms with Crippen molar-refractivity contribution in [3.05, 3.63) is 30.3 Å². The third-order valence-electron chi connectivity index (χ3n) is 5.33. The van der Waals surface area contributed by atoms with E-state index in [-0.39, 0.29) is 23.3 Å². The molecule has 1 aromatic rings. The molecule has 0 saturated carbocycles. The summed E-state index contributed by atoms with van der Waals surface area (Å²) in [5.74, 6) is 0.969. The van der Waals surface area contributed by atoms with Crippen LogP contribution in [-0.4, -0.2) is 66.5 Å². The average molecular weight is 373 g/mol. The Balaban J connectivity index is 1.48. The maximum atomic E-state index is 12.9. The number of nitrogens with zero attached hydrogens (tertiary/aromatic N) is 2. The molecule has 1 N–H and O–H groups in total. The monoisotopic (exact) mass is 373 g/mol. The number of piperazine rings is 1. The molecule has 0 bridgehead atoms. The Morgan fingerprint density at radius 2 is 1.96 bits per heavy atom. The summed E-state index contributed by atoms with van der Waals surface area (Å²) in [7, 11) is 0. The summed E-state index contributed by atoms with van der Waals surface area (Å²) in [6.07, 6.45) is 2.10. The fourth-order valence-electron chi connectivity index (χ4n) is 3.92. The zero-order valence-corrected chi connectivity index (χ0v) is 16.4. The standard InChI is InChI=1S/C21H31N3O3/c1-21(2)16-24(13-11-22-21)20(26)17-7-6-12-23(15-17)19(25)10-14-27-18-8-4-3-5-9-18/h3-5,8-9,17,22H,6-7,10-16H2,1-2H3. The predicted molar refractivity (Wildman–Crippen MR) is 105 cm³/mol. The van der Waals surface area contributed by atoms with Crippen LogP contribution in [0.2, 0.25) is 0 Å². The number of nitrogens with one attached hydrogen (secondary N) is 1. The van der Waals surface area contributed by atoms with E-state index < -0.39 is 0 Å². The van der Waals surface area contributed by atoms with Gasteiger partial charge in [0.25, 0.3) is 0 Å². The number of hydrogen-bond acceptors (Lipinski definition) is 4. The van der Waals surface area contributed by atoms with Crippen molar-refractivity contribution in [2.24, 2.45) is 5.92 Å². The number of benzene rings is 1. The first-order chi connectivity index (χ1) is 12.9. The number of amides is 2. The molecule has 6 nitrogen and oxygen atoms in total. The quantitative estimate of drug-likeness (QED) is 0.856. The van der Waals surface area contributed by atoms with Crippen molar-refractivity contribution >= 4 is 11.8 Å². The molecular weight excluding hydrogens is 342 g/mol. The van der Waals surface area contributed by atoms with Crippen molar-refractivity contribution in [3.63, 3.8) is 0 Å². The van der Waals surface area contributed by atoms with Gasteiger partial charge in [0, 0.05) is 38.3 Å². The molecule has 2 heterocycles. The zero-order chi connectivity index (χ0) is 19.3. The predicted octanol–water partition coefficient (Wildman–Crippen LogP) is 1.90. The maximum Gasteiger partial charge on any atom is 0.227 e. The maximum absolute atomic E-state index is 12.9. The number of carbonyl (C=O) groups excluding carboxylic acids is 2. The lowest BCUT2D eigenvalue weighted by atomic mass is 9.94. The van der Waals surface area contributed by atoms with E-state index in [1.807, 2.05) is 40.1 Å². The van der Waals surface area contributed by atoms with Gasteiger partial charge in [-0.1, -0.05) is 18.2 Å². The molecule has 3 rings (SSSR count). The Bertz CT molecular complexity index is 647. The lowest BCUT2D eigenvalue weighted by molar-refractivity contribution is -0.142. The molecule has 6 heteroatoms. The molecule has 1 unspecified atom stereocenters. The molecule has 27 heavy (non-hydrogen) atoms. The second-order valence-electron chi connectivity index (χ2n) is 8.16. The van der Waals surface area contributed by atoms with E-state index in [2.05, 4.69) is 19.2 Å². The molecule has 1 aromatic carbocycles. The molecule has 2 amide bonds. The summed E-state index contributed by atoms with van der Waals surface area (Å²) < 4.78 is 5.63. The van der Waals surface area contributed by atoms with Gasteiger partial charge in [-0.15, -0.1) is 0 Å². The summed E-state index contributed by atoms with van der Waals surface area (Å²) in [5.41, 5.74) is -0.0487. The third-order valence-corrected chi connectivity index (χ3v) is 5.33. The highest BCUT2D eigenvalue weighted by molar-refractivity contribution is 5.81. The van der Waals surface area contributed by atoms with Crippen LogP contribution in [0.5, 0.6) is 5.75 Å². The second-order valence-corrected chi connectivity index (χ2v) is 8.16. The number of hydrogen-bond donors (Lipinski definition) is 1. The highest BCUT2D eigenvalue weighted by Gasteiger charge is 2.35. The highest BCUT2D eigenvalue weighted by Crippen LogP contribution is 2.22. The first-order valence-corrected chi connectivity index (χ1v) is 9.94. The van der Waals surface area contributed by atoms with Crippen molar-refractivity contribution in [2.75, 3.05) is 39.3 Å². The van der Waals surface area contributed by atoms with Crippen molar-refractivity contribution in [2.45, 2.75) is 38.6 Å². The van der Waals surface area contributed by atoms with Gasteiger partial charge in [0.2, 0.25) is 11.8 Å². The Morgan fingerprint density at radius 3 is 2.70 bits per heavy atom. The molecule has 2 aliphatic rings. The summed E-state index contributed by atoms with van der Waals surface area (Å²) in [4.78, 5) is 29.3. The smallest absolute Gasteiger partial charge is 0.227 e. The highest BCUT2D eigenvalue weighted by atomic mass is 16.5. The fraction of sp³-hybridized carbons (Fsp3) is 0.619. The average Bonchev–Trinajstić information content (AvgIpc) is 2.67. The molecule has 2 aliphatic heterocycles. The van der Waals surface area contributed by atoms with Gasteiger partial charge in [0.15, 0.2) is 0 Å². The SMILES string of the molecule is CC1(C)CN(C(=O)C2CCCN(C(=O)CCOc3ccccc3)C2)CCN1. The molecule has 148 valence electrons. The van der Waals surface area contributed by atoms with E-state index in [4.69, 9.17) is 4.74 Å². The molecule has 2 fully saturated rings. The van der Waals surface area contributed by atoms with Gasteiger partial charge >= 0.3 is 0 Å². The van der Waals surface area contributed by atoms with Gasteiger partial charge in [0.05, 0.1) is 18.9 Å². The number of carbonyl (C=O) groups is 2. The first-order valence-electron chi connectivity index (χ1n) is 9.94. The van der Waals surface area contributed by atoms with Crippen LogP contribution in [0.1, 0.15) is 33.1 Å². The van der Waals surface area contributed by atoms with Gasteiger partial charge < -0.3 is 19.9 Å². The van der Waals surface area contributed by atoms with E-state index in [9.17, 15) is 9.59 Å². The van der Waals surface area contributed by atoms with E-state index >= 15 is 0 Å². The van der Waals surface area contributed by atoms with E-state index in [0.29, 0.717) is 19.6 Å². The Hall–Kier alpha value is -2.08. The Kier molecular flexibility index (Phi) is 6.37. The minimum Gasteiger partial charge on any atom is -0.493 e. The molecule has 0 spiro atoms. The van der Waals surface area contributed by atoms with E-state index in [1.165, 1.54) is 0 Å². The molecule has 0 aliphatic carbocycles. The van der Waals surface area contributed by atoms with Gasteiger partial charge in [-0.3, -0.25) is 9.59 Å². The van der Waals surface area contributed by atoms with Crippen LogP contribution in [0.15, 0.2) is 30.3 Å².